The van der Waals surface area contributed by atoms with E-state index in [1.807, 2.05) is 18.2 Å². The molecule has 1 heterocycles. The molecular formula is C21H32N4O2. The van der Waals surface area contributed by atoms with Crippen molar-refractivity contribution in [3.05, 3.63) is 52.9 Å². The lowest BCUT2D eigenvalue weighted by molar-refractivity contribution is 0.0646. The highest BCUT2D eigenvalue weighted by molar-refractivity contribution is 5.79. The number of nitrogens with zero attached hydrogens (tertiary/aromatic N) is 2. The van der Waals surface area contributed by atoms with Gasteiger partial charge in [-0.25, -0.2) is 0 Å². The third-order valence-electron chi connectivity index (χ3n) is 4.51. The van der Waals surface area contributed by atoms with Gasteiger partial charge in [0.05, 0.1) is 11.8 Å². The molecule has 27 heavy (non-hydrogen) atoms. The summed E-state index contributed by atoms with van der Waals surface area (Å²) in [6.45, 7) is 8.41. The second-order valence-electron chi connectivity index (χ2n) is 6.37. The summed E-state index contributed by atoms with van der Waals surface area (Å²) in [6, 6.07) is 10.3. The van der Waals surface area contributed by atoms with Gasteiger partial charge in [-0.1, -0.05) is 49.3 Å². The van der Waals surface area contributed by atoms with Gasteiger partial charge in [0.1, 0.15) is 5.76 Å². The minimum atomic E-state index is 0.108. The zero-order valence-electron chi connectivity index (χ0n) is 16.9. The van der Waals surface area contributed by atoms with Crippen LogP contribution in [-0.4, -0.2) is 31.3 Å². The van der Waals surface area contributed by atoms with Crippen molar-refractivity contribution in [2.75, 3.05) is 20.2 Å². The lowest BCUT2D eigenvalue weighted by Crippen LogP contribution is -2.37. The number of ether oxygens (including phenoxy) is 1. The molecule has 0 saturated carbocycles. The minimum absolute atomic E-state index is 0.108. The second-order valence-corrected chi connectivity index (χ2v) is 6.37. The van der Waals surface area contributed by atoms with Gasteiger partial charge in [-0.05, 0) is 25.3 Å². The molecule has 0 radical (unpaired) electrons. The van der Waals surface area contributed by atoms with Crippen molar-refractivity contribution in [2.24, 2.45) is 4.99 Å². The lowest BCUT2D eigenvalue weighted by Gasteiger charge is -2.15. The number of benzene rings is 1. The van der Waals surface area contributed by atoms with Crippen LogP contribution in [-0.2, 0) is 24.1 Å². The molecule has 0 amide bonds. The van der Waals surface area contributed by atoms with Crippen molar-refractivity contribution in [2.45, 2.75) is 52.7 Å². The van der Waals surface area contributed by atoms with Gasteiger partial charge in [-0.15, -0.1) is 0 Å². The Morgan fingerprint density at radius 2 is 1.96 bits per heavy atom. The third-order valence-corrected chi connectivity index (χ3v) is 4.51. The second kappa shape index (κ2) is 11.4. The summed E-state index contributed by atoms with van der Waals surface area (Å²) in [5.41, 5.74) is 3.36. The van der Waals surface area contributed by atoms with Crippen molar-refractivity contribution < 1.29 is 9.26 Å². The largest absolute Gasteiger partial charge is 0.374 e. The molecule has 148 valence electrons. The summed E-state index contributed by atoms with van der Waals surface area (Å²) in [4.78, 5) is 4.28. The summed E-state index contributed by atoms with van der Waals surface area (Å²) >= 11 is 0. The smallest absolute Gasteiger partial charge is 0.191 e. The Morgan fingerprint density at radius 1 is 1.19 bits per heavy atom. The van der Waals surface area contributed by atoms with Crippen LogP contribution in [0.2, 0.25) is 0 Å². The number of hydrogen-bond donors (Lipinski definition) is 2. The number of nitrogens with one attached hydrogen (secondary N) is 2. The topological polar surface area (TPSA) is 71.7 Å². The third kappa shape index (κ3) is 6.40. The zero-order chi connectivity index (χ0) is 19.5. The summed E-state index contributed by atoms with van der Waals surface area (Å²) in [5.74, 6) is 1.72. The quantitative estimate of drug-likeness (QED) is 0.378. The average molecular weight is 373 g/mol. The number of aliphatic imine (C=N–C) groups is 1. The van der Waals surface area contributed by atoms with Crippen molar-refractivity contribution >= 4 is 5.96 Å². The van der Waals surface area contributed by atoms with Crippen LogP contribution in [0.3, 0.4) is 0 Å². The van der Waals surface area contributed by atoms with Crippen LogP contribution < -0.4 is 10.6 Å². The Hall–Kier alpha value is -2.34. The maximum Gasteiger partial charge on any atom is 0.191 e. The van der Waals surface area contributed by atoms with Gasteiger partial charge in [-0.2, -0.15) is 0 Å². The molecular weight excluding hydrogens is 340 g/mol. The Labute approximate surface area is 162 Å². The summed E-state index contributed by atoms with van der Waals surface area (Å²) < 4.78 is 11.3. The van der Waals surface area contributed by atoms with Crippen LogP contribution in [0.4, 0.5) is 0 Å². The van der Waals surface area contributed by atoms with E-state index in [9.17, 15) is 0 Å². The number of aromatic nitrogens is 1. The van der Waals surface area contributed by atoms with Crippen LogP contribution in [0.25, 0.3) is 0 Å². The molecule has 0 spiro atoms. The Balaban J connectivity index is 1.69. The van der Waals surface area contributed by atoms with E-state index < -0.39 is 0 Å². The van der Waals surface area contributed by atoms with E-state index in [2.05, 4.69) is 53.7 Å². The van der Waals surface area contributed by atoms with E-state index >= 15 is 0 Å². The maximum absolute atomic E-state index is 5.90. The van der Waals surface area contributed by atoms with Gasteiger partial charge in [0.2, 0.25) is 0 Å². The van der Waals surface area contributed by atoms with Gasteiger partial charge in [0, 0.05) is 38.7 Å². The van der Waals surface area contributed by atoms with Crippen LogP contribution >= 0.6 is 0 Å². The van der Waals surface area contributed by atoms with Crippen LogP contribution in [0.15, 0.2) is 39.8 Å². The van der Waals surface area contributed by atoms with Crippen molar-refractivity contribution in [3.8, 4) is 0 Å². The number of hydrogen-bond acceptors (Lipinski definition) is 4. The Morgan fingerprint density at radius 3 is 2.63 bits per heavy atom. The molecule has 1 aromatic heterocycles. The fourth-order valence-corrected chi connectivity index (χ4v) is 2.89. The molecule has 1 aromatic carbocycles. The molecule has 0 aliphatic carbocycles. The van der Waals surface area contributed by atoms with E-state index in [4.69, 9.17) is 9.26 Å². The highest BCUT2D eigenvalue weighted by atomic mass is 16.5. The number of rotatable bonds is 10. The van der Waals surface area contributed by atoms with Gasteiger partial charge in [0.25, 0.3) is 0 Å². The molecule has 0 saturated heterocycles. The average Bonchev–Trinajstić information content (AvgIpc) is 3.12. The molecule has 6 heteroatoms. The SMILES string of the molecule is CCc1noc(CC)c1CNC(=NC)NCCCOC(C)c1ccccc1. The van der Waals surface area contributed by atoms with Crippen molar-refractivity contribution in [3.63, 3.8) is 0 Å². The predicted octanol–water partition coefficient (Wildman–Crippen LogP) is 3.63. The highest BCUT2D eigenvalue weighted by Gasteiger charge is 2.13. The Bertz CT molecular complexity index is 676. The number of aryl methyl sites for hydroxylation is 2. The highest BCUT2D eigenvalue weighted by Crippen LogP contribution is 2.16. The molecule has 6 nitrogen and oxygen atoms in total. The van der Waals surface area contributed by atoms with Gasteiger partial charge in [-0.3, -0.25) is 4.99 Å². The first-order valence-corrected chi connectivity index (χ1v) is 9.76. The predicted molar refractivity (Wildman–Crippen MR) is 109 cm³/mol. The fraction of sp³-hybridized carbons (Fsp3) is 0.524. The normalized spacial score (nSPS) is 12.8. The molecule has 1 atom stereocenters. The van der Waals surface area contributed by atoms with Crippen LogP contribution in [0, 0.1) is 0 Å². The zero-order valence-corrected chi connectivity index (χ0v) is 16.9. The first-order valence-electron chi connectivity index (χ1n) is 9.76. The summed E-state index contributed by atoms with van der Waals surface area (Å²) in [5, 5.41) is 10.8. The fourth-order valence-electron chi connectivity index (χ4n) is 2.89. The van der Waals surface area contributed by atoms with E-state index in [0.29, 0.717) is 13.2 Å². The van der Waals surface area contributed by atoms with Crippen molar-refractivity contribution in [1.82, 2.24) is 15.8 Å². The van der Waals surface area contributed by atoms with Gasteiger partial charge in [0.15, 0.2) is 5.96 Å². The molecule has 0 bridgehead atoms. The van der Waals surface area contributed by atoms with Crippen molar-refractivity contribution in [1.29, 1.82) is 0 Å². The lowest BCUT2D eigenvalue weighted by atomic mass is 10.1. The van der Waals surface area contributed by atoms with E-state index in [1.54, 1.807) is 7.05 Å². The maximum atomic E-state index is 5.90. The van der Waals surface area contributed by atoms with Crippen LogP contribution in [0.1, 0.15) is 55.9 Å². The number of guanidine groups is 1. The molecule has 2 rings (SSSR count). The van der Waals surface area contributed by atoms with E-state index in [-0.39, 0.29) is 6.10 Å². The first kappa shape index (κ1) is 21.0. The Kier molecular flexibility index (Phi) is 8.84. The van der Waals surface area contributed by atoms with Gasteiger partial charge >= 0.3 is 0 Å². The summed E-state index contributed by atoms with van der Waals surface area (Å²) in [7, 11) is 1.78. The van der Waals surface area contributed by atoms with Crippen LogP contribution in [0.5, 0.6) is 0 Å². The summed E-state index contributed by atoms with van der Waals surface area (Å²) in [6.07, 6.45) is 2.72. The van der Waals surface area contributed by atoms with Gasteiger partial charge < -0.3 is 19.9 Å². The molecule has 2 aromatic rings. The van der Waals surface area contributed by atoms with E-state index in [0.717, 1.165) is 48.8 Å². The molecule has 0 aliphatic heterocycles. The minimum Gasteiger partial charge on any atom is -0.374 e. The standard InChI is InChI=1S/C21H32N4O2/c1-5-19-18(20(6-2)27-25-19)15-24-21(22-4)23-13-10-14-26-16(3)17-11-8-7-9-12-17/h7-9,11-12,16H,5-6,10,13-15H2,1-4H3,(H2,22,23,24). The molecule has 0 fully saturated rings. The molecule has 2 N–H and O–H groups in total. The molecule has 0 aliphatic rings. The molecule has 1 unspecified atom stereocenters. The first-order chi connectivity index (χ1) is 13.2. The monoisotopic (exact) mass is 372 g/mol. The van der Waals surface area contributed by atoms with E-state index in [1.165, 1.54) is 5.56 Å².